The number of nitrogens with one attached hydrogen (secondary N) is 1. The average molecular weight is 467 g/mol. The summed E-state index contributed by atoms with van der Waals surface area (Å²) in [7, 11) is 0. The van der Waals surface area contributed by atoms with Crippen molar-refractivity contribution in [2.75, 3.05) is 11.1 Å². The van der Waals surface area contributed by atoms with Crippen LogP contribution in [0.4, 0.5) is 11.4 Å². The maximum absolute atomic E-state index is 13.2. The minimum Gasteiger partial charge on any atom is -0.320 e. The van der Waals surface area contributed by atoms with Crippen molar-refractivity contribution < 1.29 is 9.72 Å². The number of nitrogens with zero attached hydrogens (tertiary/aromatic N) is 3. The third-order valence-corrected chi connectivity index (χ3v) is 5.69. The molecule has 4 rings (SSSR count). The SMILES string of the molecule is O=C(CSc1nc2ccccc2c(=O)n1-c1cccc(Cl)c1)Nc1ccccc1[N+](=O)[O-]. The van der Waals surface area contributed by atoms with Gasteiger partial charge in [0, 0.05) is 11.1 Å². The molecule has 0 saturated heterocycles. The van der Waals surface area contributed by atoms with Gasteiger partial charge in [-0.25, -0.2) is 4.98 Å². The Morgan fingerprint density at radius 3 is 2.62 bits per heavy atom. The number of thioether (sulfide) groups is 1. The van der Waals surface area contributed by atoms with Crippen LogP contribution in [-0.4, -0.2) is 26.1 Å². The van der Waals surface area contributed by atoms with Crippen LogP contribution in [0.1, 0.15) is 0 Å². The number of carbonyl (C=O) groups excluding carboxylic acids is 1. The number of benzene rings is 3. The van der Waals surface area contributed by atoms with Crippen molar-refractivity contribution >= 4 is 51.5 Å². The van der Waals surface area contributed by atoms with Crippen molar-refractivity contribution in [1.82, 2.24) is 9.55 Å². The first kappa shape index (κ1) is 21.5. The number of rotatable bonds is 6. The van der Waals surface area contributed by atoms with E-state index in [1.54, 1.807) is 54.6 Å². The van der Waals surface area contributed by atoms with Gasteiger partial charge < -0.3 is 5.32 Å². The highest BCUT2D eigenvalue weighted by molar-refractivity contribution is 7.99. The van der Waals surface area contributed by atoms with Gasteiger partial charge in [0.25, 0.3) is 11.2 Å². The van der Waals surface area contributed by atoms with E-state index < -0.39 is 10.8 Å². The quantitative estimate of drug-likeness (QED) is 0.191. The summed E-state index contributed by atoms with van der Waals surface area (Å²) in [6, 6.07) is 19.6. The number of aromatic nitrogens is 2. The van der Waals surface area contributed by atoms with Crippen LogP contribution < -0.4 is 10.9 Å². The van der Waals surface area contributed by atoms with Gasteiger partial charge in [0.2, 0.25) is 5.91 Å². The molecule has 0 atom stereocenters. The fourth-order valence-electron chi connectivity index (χ4n) is 3.11. The molecule has 0 radical (unpaired) electrons. The molecule has 0 aliphatic heterocycles. The molecule has 0 spiro atoms. The first-order valence-electron chi connectivity index (χ1n) is 9.38. The van der Waals surface area contributed by atoms with E-state index in [9.17, 15) is 19.7 Å². The molecule has 1 N–H and O–H groups in total. The number of fused-ring (bicyclic) bond motifs is 1. The number of para-hydroxylation sites is 3. The number of carbonyl (C=O) groups is 1. The third kappa shape index (κ3) is 4.48. The van der Waals surface area contributed by atoms with Crippen LogP contribution in [0.3, 0.4) is 0 Å². The average Bonchev–Trinajstić information content (AvgIpc) is 2.78. The smallest absolute Gasteiger partial charge is 0.292 e. The summed E-state index contributed by atoms with van der Waals surface area (Å²) < 4.78 is 1.40. The van der Waals surface area contributed by atoms with Crippen molar-refractivity contribution in [3.63, 3.8) is 0 Å². The summed E-state index contributed by atoms with van der Waals surface area (Å²) >= 11 is 7.16. The van der Waals surface area contributed by atoms with Crippen molar-refractivity contribution in [3.8, 4) is 5.69 Å². The highest BCUT2D eigenvalue weighted by Crippen LogP contribution is 2.25. The molecule has 4 aromatic rings. The Morgan fingerprint density at radius 1 is 1.09 bits per heavy atom. The predicted octanol–water partition coefficient (Wildman–Crippen LogP) is 4.68. The second kappa shape index (κ2) is 9.21. The fourth-order valence-corrected chi connectivity index (χ4v) is 4.10. The summed E-state index contributed by atoms with van der Waals surface area (Å²) in [6.45, 7) is 0. The van der Waals surface area contributed by atoms with Gasteiger partial charge in [-0.1, -0.05) is 53.7 Å². The maximum atomic E-state index is 13.2. The maximum Gasteiger partial charge on any atom is 0.292 e. The fraction of sp³-hybridized carbons (Fsp3) is 0.0455. The number of halogens is 1. The van der Waals surface area contributed by atoms with Crippen molar-refractivity contribution in [2.45, 2.75) is 5.16 Å². The Kier molecular flexibility index (Phi) is 6.20. The third-order valence-electron chi connectivity index (χ3n) is 4.52. The molecule has 1 aromatic heterocycles. The second-order valence-electron chi connectivity index (χ2n) is 6.64. The molecule has 0 bridgehead atoms. The number of nitro groups is 1. The predicted molar refractivity (Wildman–Crippen MR) is 125 cm³/mol. The van der Waals surface area contributed by atoms with Gasteiger partial charge in [0.1, 0.15) is 5.69 Å². The molecule has 0 unspecified atom stereocenters. The first-order chi connectivity index (χ1) is 15.4. The number of hydrogen-bond acceptors (Lipinski definition) is 6. The first-order valence-corrected chi connectivity index (χ1v) is 10.7. The standard InChI is InChI=1S/C22H15ClN4O4S/c23-14-6-5-7-15(12-14)26-21(29)16-8-1-2-9-17(16)25-22(26)32-13-20(28)24-18-10-3-4-11-19(18)27(30)31/h1-12H,13H2,(H,24,28). The minimum atomic E-state index is -0.565. The molecule has 10 heteroatoms. The zero-order valence-corrected chi connectivity index (χ0v) is 18.0. The van der Waals surface area contributed by atoms with Gasteiger partial charge in [0.05, 0.1) is 27.3 Å². The van der Waals surface area contributed by atoms with E-state index in [-0.39, 0.29) is 22.7 Å². The number of amides is 1. The van der Waals surface area contributed by atoms with Crippen molar-refractivity contribution in [1.29, 1.82) is 0 Å². The van der Waals surface area contributed by atoms with Crippen LogP contribution in [0.15, 0.2) is 82.7 Å². The van der Waals surface area contributed by atoms with Crippen LogP contribution in [0, 0.1) is 10.1 Å². The molecule has 1 amide bonds. The summed E-state index contributed by atoms with van der Waals surface area (Å²) in [4.78, 5) is 40.9. The lowest BCUT2D eigenvalue weighted by molar-refractivity contribution is -0.383. The van der Waals surface area contributed by atoms with Crippen LogP contribution >= 0.6 is 23.4 Å². The number of nitro benzene ring substituents is 1. The van der Waals surface area contributed by atoms with E-state index in [0.717, 1.165) is 11.8 Å². The second-order valence-corrected chi connectivity index (χ2v) is 8.02. The van der Waals surface area contributed by atoms with E-state index in [1.807, 2.05) is 0 Å². The summed E-state index contributed by atoms with van der Waals surface area (Å²) in [5.74, 6) is -0.582. The van der Waals surface area contributed by atoms with Crippen LogP contribution in [0.2, 0.25) is 5.02 Å². The zero-order chi connectivity index (χ0) is 22.7. The topological polar surface area (TPSA) is 107 Å². The number of anilines is 1. The highest BCUT2D eigenvalue weighted by Gasteiger charge is 2.17. The molecular formula is C22H15ClN4O4S. The Hall–Kier alpha value is -3.69. The Labute approximate surface area is 191 Å². The molecular weight excluding hydrogens is 452 g/mol. The molecule has 0 aliphatic carbocycles. The molecule has 0 fully saturated rings. The Balaban J connectivity index is 1.67. The lowest BCUT2D eigenvalue weighted by Gasteiger charge is -2.13. The molecule has 1 heterocycles. The minimum absolute atomic E-state index is 0.0989. The molecule has 160 valence electrons. The van der Waals surface area contributed by atoms with Crippen LogP contribution in [-0.2, 0) is 4.79 Å². The van der Waals surface area contributed by atoms with E-state index in [4.69, 9.17) is 11.6 Å². The van der Waals surface area contributed by atoms with Gasteiger partial charge in [-0.3, -0.25) is 24.3 Å². The molecule has 3 aromatic carbocycles. The summed E-state index contributed by atoms with van der Waals surface area (Å²) in [5, 5.41) is 14.9. The van der Waals surface area contributed by atoms with Crippen LogP contribution in [0.25, 0.3) is 16.6 Å². The van der Waals surface area contributed by atoms with Gasteiger partial charge in [0.15, 0.2) is 5.16 Å². The zero-order valence-electron chi connectivity index (χ0n) is 16.4. The molecule has 8 nitrogen and oxygen atoms in total. The van der Waals surface area contributed by atoms with Gasteiger partial charge >= 0.3 is 0 Å². The van der Waals surface area contributed by atoms with E-state index in [0.29, 0.717) is 26.8 Å². The van der Waals surface area contributed by atoms with Gasteiger partial charge in [-0.15, -0.1) is 0 Å². The largest absolute Gasteiger partial charge is 0.320 e. The molecule has 32 heavy (non-hydrogen) atoms. The summed E-state index contributed by atoms with van der Waals surface area (Å²) in [5.41, 5.74) is 0.617. The van der Waals surface area contributed by atoms with Gasteiger partial charge in [-0.2, -0.15) is 0 Å². The number of hydrogen-bond donors (Lipinski definition) is 1. The molecule has 0 saturated carbocycles. The Bertz CT molecular complexity index is 1410. The van der Waals surface area contributed by atoms with E-state index >= 15 is 0 Å². The lowest BCUT2D eigenvalue weighted by Crippen LogP contribution is -2.23. The highest BCUT2D eigenvalue weighted by atomic mass is 35.5. The monoisotopic (exact) mass is 466 g/mol. The Morgan fingerprint density at radius 2 is 1.84 bits per heavy atom. The van der Waals surface area contributed by atoms with Gasteiger partial charge in [-0.05, 0) is 36.4 Å². The van der Waals surface area contributed by atoms with E-state index in [1.165, 1.54) is 22.8 Å². The van der Waals surface area contributed by atoms with Crippen LogP contribution in [0.5, 0.6) is 0 Å². The van der Waals surface area contributed by atoms with Crippen molar-refractivity contribution in [2.24, 2.45) is 0 Å². The lowest BCUT2D eigenvalue weighted by atomic mass is 10.2. The normalized spacial score (nSPS) is 10.8. The summed E-state index contributed by atoms with van der Waals surface area (Å²) in [6.07, 6.45) is 0. The van der Waals surface area contributed by atoms with Crippen molar-refractivity contribution in [3.05, 3.63) is 98.3 Å². The van der Waals surface area contributed by atoms with E-state index in [2.05, 4.69) is 10.3 Å². The molecule has 0 aliphatic rings.